The Kier molecular flexibility index (Phi) is 3.32. The van der Waals surface area contributed by atoms with Gasteiger partial charge in [0.05, 0.1) is 16.6 Å². The SMILES string of the molecule is Cc1ccccc1-n1c(CS)nc2ccccc2c1=O. The summed E-state index contributed by atoms with van der Waals surface area (Å²) in [5.74, 6) is 1.07. The van der Waals surface area contributed by atoms with Gasteiger partial charge in [-0.05, 0) is 30.7 Å². The van der Waals surface area contributed by atoms with Crippen molar-refractivity contribution >= 4 is 23.5 Å². The molecule has 3 rings (SSSR count). The molecule has 0 aliphatic heterocycles. The fourth-order valence-corrected chi connectivity index (χ4v) is 2.56. The minimum atomic E-state index is -0.0473. The summed E-state index contributed by atoms with van der Waals surface area (Å²) in [6, 6.07) is 15.2. The molecule has 0 N–H and O–H groups in total. The Morgan fingerprint density at radius 3 is 2.55 bits per heavy atom. The normalized spacial score (nSPS) is 10.9. The van der Waals surface area contributed by atoms with Crippen molar-refractivity contribution in [1.29, 1.82) is 0 Å². The van der Waals surface area contributed by atoms with Gasteiger partial charge in [-0.3, -0.25) is 9.36 Å². The van der Waals surface area contributed by atoms with Crippen LogP contribution in [0, 0.1) is 6.92 Å². The fraction of sp³-hybridized carbons (Fsp3) is 0.125. The van der Waals surface area contributed by atoms with Crippen LogP contribution in [-0.4, -0.2) is 9.55 Å². The third-order valence-corrected chi connectivity index (χ3v) is 3.63. The third-order valence-electron chi connectivity index (χ3n) is 3.34. The molecule has 0 unspecified atom stereocenters. The zero-order chi connectivity index (χ0) is 14.1. The minimum absolute atomic E-state index is 0.0473. The van der Waals surface area contributed by atoms with E-state index in [1.54, 1.807) is 4.57 Å². The highest BCUT2D eigenvalue weighted by molar-refractivity contribution is 7.79. The Hall–Kier alpha value is -2.07. The van der Waals surface area contributed by atoms with Gasteiger partial charge in [-0.1, -0.05) is 30.3 Å². The largest absolute Gasteiger partial charge is 0.268 e. The Labute approximate surface area is 122 Å². The predicted octanol–water partition coefficient (Wildman–Crippen LogP) is 3.12. The number of aryl methyl sites for hydroxylation is 1. The van der Waals surface area contributed by atoms with Gasteiger partial charge in [0, 0.05) is 5.75 Å². The number of rotatable bonds is 2. The second-order valence-corrected chi connectivity index (χ2v) is 4.95. The highest BCUT2D eigenvalue weighted by atomic mass is 32.1. The van der Waals surface area contributed by atoms with Crippen LogP contribution < -0.4 is 5.56 Å². The lowest BCUT2D eigenvalue weighted by molar-refractivity contribution is 0.879. The molecule has 100 valence electrons. The quantitative estimate of drug-likeness (QED) is 0.733. The molecule has 0 saturated carbocycles. The van der Waals surface area contributed by atoms with Crippen LogP contribution in [0.3, 0.4) is 0 Å². The minimum Gasteiger partial charge on any atom is -0.268 e. The zero-order valence-electron chi connectivity index (χ0n) is 11.1. The van der Waals surface area contributed by atoms with Crippen LogP contribution in [0.1, 0.15) is 11.4 Å². The molecule has 3 aromatic rings. The fourth-order valence-electron chi connectivity index (χ4n) is 2.35. The summed E-state index contributed by atoms with van der Waals surface area (Å²) in [5, 5.41) is 0.626. The molecule has 1 aromatic heterocycles. The van der Waals surface area contributed by atoms with Crippen LogP contribution in [0.2, 0.25) is 0 Å². The highest BCUT2D eigenvalue weighted by Crippen LogP contribution is 2.16. The van der Waals surface area contributed by atoms with Crippen LogP contribution in [0.25, 0.3) is 16.6 Å². The van der Waals surface area contributed by atoms with E-state index in [2.05, 4.69) is 17.6 Å². The maximum absolute atomic E-state index is 12.7. The molecule has 20 heavy (non-hydrogen) atoms. The van der Waals surface area contributed by atoms with E-state index in [1.165, 1.54) is 0 Å². The summed E-state index contributed by atoms with van der Waals surface area (Å²) < 4.78 is 1.66. The van der Waals surface area contributed by atoms with Crippen LogP contribution in [0.5, 0.6) is 0 Å². The number of nitrogens with zero attached hydrogens (tertiary/aromatic N) is 2. The molecule has 1 heterocycles. The van der Waals surface area contributed by atoms with Crippen molar-refractivity contribution in [3.8, 4) is 5.69 Å². The van der Waals surface area contributed by atoms with Crippen molar-refractivity contribution in [3.63, 3.8) is 0 Å². The lowest BCUT2D eigenvalue weighted by Crippen LogP contribution is -2.24. The molecule has 0 aliphatic rings. The molecular weight excluding hydrogens is 268 g/mol. The van der Waals surface area contributed by atoms with E-state index in [0.717, 1.165) is 11.3 Å². The summed E-state index contributed by atoms with van der Waals surface area (Å²) in [5.41, 5.74) is 2.56. The van der Waals surface area contributed by atoms with E-state index >= 15 is 0 Å². The molecule has 0 atom stereocenters. The summed E-state index contributed by atoms with van der Waals surface area (Å²) in [6.07, 6.45) is 0. The Morgan fingerprint density at radius 2 is 1.80 bits per heavy atom. The monoisotopic (exact) mass is 282 g/mol. The van der Waals surface area contributed by atoms with Crippen molar-refractivity contribution in [2.45, 2.75) is 12.7 Å². The number of fused-ring (bicyclic) bond motifs is 1. The molecule has 0 fully saturated rings. The Balaban J connectivity index is 2.43. The highest BCUT2D eigenvalue weighted by Gasteiger charge is 2.12. The van der Waals surface area contributed by atoms with E-state index in [-0.39, 0.29) is 5.56 Å². The van der Waals surface area contributed by atoms with Crippen LogP contribution in [0.15, 0.2) is 53.3 Å². The second-order valence-electron chi connectivity index (χ2n) is 4.63. The maximum Gasteiger partial charge on any atom is 0.265 e. The van der Waals surface area contributed by atoms with Gasteiger partial charge in [-0.25, -0.2) is 4.98 Å². The number of hydrogen-bond acceptors (Lipinski definition) is 3. The van der Waals surface area contributed by atoms with Crippen molar-refractivity contribution in [1.82, 2.24) is 9.55 Å². The van der Waals surface area contributed by atoms with Crippen molar-refractivity contribution in [2.75, 3.05) is 0 Å². The summed E-state index contributed by atoms with van der Waals surface area (Å²) >= 11 is 4.31. The smallest absolute Gasteiger partial charge is 0.265 e. The molecule has 0 bridgehead atoms. The lowest BCUT2D eigenvalue weighted by Gasteiger charge is -2.14. The first-order valence-electron chi connectivity index (χ1n) is 6.40. The molecule has 0 saturated heterocycles. The van der Waals surface area contributed by atoms with Gasteiger partial charge >= 0.3 is 0 Å². The standard InChI is InChI=1S/C16H14N2OS/c1-11-6-2-5-9-14(11)18-15(10-20)17-13-8-4-3-7-12(13)16(18)19/h2-9,20H,10H2,1H3. The first-order valence-corrected chi connectivity index (χ1v) is 7.03. The number of para-hydroxylation sites is 2. The van der Waals surface area contributed by atoms with E-state index in [1.807, 2.05) is 55.5 Å². The van der Waals surface area contributed by atoms with Crippen molar-refractivity contribution in [3.05, 3.63) is 70.3 Å². The van der Waals surface area contributed by atoms with Gasteiger partial charge in [0.15, 0.2) is 0 Å². The van der Waals surface area contributed by atoms with E-state index in [0.29, 0.717) is 22.5 Å². The van der Waals surface area contributed by atoms with Gasteiger partial charge in [-0.2, -0.15) is 12.6 Å². The molecule has 3 nitrogen and oxygen atoms in total. The molecule has 0 spiro atoms. The molecule has 2 aromatic carbocycles. The zero-order valence-corrected chi connectivity index (χ0v) is 12.0. The van der Waals surface area contributed by atoms with Crippen LogP contribution in [-0.2, 0) is 5.75 Å². The topological polar surface area (TPSA) is 34.9 Å². The average Bonchev–Trinajstić information content (AvgIpc) is 2.48. The number of benzene rings is 2. The second kappa shape index (κ2) is 5.13. The van der Waals surface area contributed by atoms with Crippen molar-refractivity contribution in [2.24, 2.45) is 0 Å². The van der Waals surface area contributed by atoms with Gasteiger partial charge in [0.1, 0.15) is 5.82 Å². The first-order chi connectivity index (χ1) is 9.72. The van der Waals surface area contributed by atoms with E-state index in [9.17, 15) is 4.79 Å². The van der Waals surface area contributed by atoms with Gasteiger partial charge in [0.25, 0.3) is 5.56 Å². The molecule has 0 amide bonds. The summed E-state index contributed by atoms with van der Waals surface area (Å²) in [7, 11) is 0. The number of aromatic nitrogens is 2. The van der Waals surface area contributed by atoms with Gasteiger partial charge in [0.2, 0.25) is 0 Å². The summed E-state index contributed by atoms with van der Waals surface area (Å²) in [6.45, 7) is 1.99. The van der Waals surface area contributed by atoms with E-state index < -0.39 is 0 Å². The molecule has 0 radical (unpaired) electrons. The predicted molar refractivity (Wildman–Crippen MR) is 84.8 cm³/mol. The average molecular weight is 282 g/mol. The lowest BCUT2D eigenvalue weighted by atomic mass is 10.2. The maximum atomic E-state index is 12.7. The van der Waals surface area contributed by atoms with Crippen LogP contribution >= 0.6 is 12.6 Å². The molecule has 4 heteroatoms. The Bertz CT molecular complexity index is 839. The van der Waals surface area contributed by atoms with E-state index in [4.69, 9.17) is 0 Å². The summed E-state index contributed by atoms with van der Waals surface area (Å²) in [4.78, 5) is 17.3. The number of hydrogen-bond donors (Lipinski definition) is 1. The van der Waals surface area contributed by atoms with Gasteiger partial charge < -0.3 is 0 Å². The third kappa shape index (κ3) is 2.02. The van der Waals surface area contributed by atoms with Gasteiger partial charge in [-0.15, -0.1) is 0 Å². The Morgan fingerprint density at radius 1 is 1.10 bits per heavy atom. The molecular formula is C16H14N2OS. The molecule has 0 aliphatic carbocycles. The first kappa shape index (κ1) is 12.9. The number of thiol groups is 1. The van der Waals surface area contributed by atoms with Crippen molar-refractivity contribution < 1.29 is 0 Å². The van der Waals surface area contributed by atoms with Crippen LogP contribution in [0.4, 0.5) is 0 Å².